The Morgan fingerprint density at radius 1 is 1.14 bits per heavy atom. The summed E-state index contributed by atoms with van der Waals surface area (Å²) in [7, 11) is 0. The highest BCUT2D eigenvalue weighted by Gasteiger charge is 2.13. The molecule has 4 nitrogen and oxygen atoms in total. The minimum atomic E-state index is -0.554. The zero-order valence-corrected chi connectivity index (χ0v) is 12.8. The van der Waals surface area contributed by atoms with Crippen molar-refractivity contribution < 1.29 is 14.6 Å². The van der Waals surface area contributed by atoms with Crippen LogP contribution in [0, 0.1) is 5.92 Å². The van der Waals surface area contributed by atoms with Gasteiger partial charge in [0.25, 0.3) is 0 Å². The van der Waals surface area contributed by atoms with Crippen LogP contribution >= 0.6 is 0 Å². The Kier molecular flexibility index (Phi) is 5.55. The number of ether oxygens (including phenoxy) is 1. The minimum absolute atomic E-state index is 0.111. The Hall–Kier alpha value is -2.33. The third-order valence-corrected chi connectivity index (χ3v) is 3.32. The molecule has 0 spiro atoms. The second-order valence-corrected chi connectivity index (χ2v) is 5.50. The van der Waals surface area contributed by atoms with E-state index in [-0.39, 0.29) is 12.5 Å². The molecule has 2 N–H and O–H groups in total. The molecule has 0 heterocycles. The number of aliphatic hydroxyl groups excluding tert-OH is 1. The zero-order chi connectivity index (χ0) is 15.9. The molecule has 1 unspecified atom stereocenters. The van der Waals surface area contributed by atoms with Crippen LogP contribution in [0.5, 0.6) is 0 Å². The average molecular weight is 299 g/mol. The fourth-order valence-corrected chi connectivity index (χ4v) is 2.06. The van der Waals surface area contributed by atoms with E-state index in [4.69, 9.17) is 4.74 Å². The number of amides is 1. The first-order valence-electron chi connectivity index (χ1n) is 7.32. The first kappa shape index (κ1) is 16.0. The molecular formula is C18H21NO3. The lowest BCUT2D eigenvalue weighted by Gasteiger charge is -2.16. The van der Waals surface area contributed by atoms with Gasteiger partial charge in [0.15, 0.2) is 0 Å². The van der Waals surface area contributed by atoms with E-state index < -0.39 is 12.2 Å². The Labute approximate surface area is 130 Å². The fourth-order valence-electron chi connectivity index (χ4n) is 2.06. The second-order valence-electron chi connectivity index (χ2n) is 5.50. The number of hydrogen-bond donors (Lipinski definition) is 2. The molecule has 0 aliphatic carbocycles. The lowest BCUT2D eigenvalue weighted by Crippen LogP contribution is -2.14. The molecule has 0 radical (unpaired) electrons. The van der Waals surface area contributed by atoms with Crippen molar-refractivity contribution in [3.8, 4) is 0 Å². The highest BCUT2D eigenvalue weighted by atomic mass is 16.5. The molecule has 2 rings (SSSR count). The van der Waals surface area contributed by atoms with Crippen molar-refractivity contribution in [3.63, 3.8) is 0 Å². The number of carbonyl (C=O) groups is 1. The maximum Gasteiger partial charge on any atom is 0.411 e. The van der Waals surface area contributed by atoms with E-state index in [0.29, 0.717) is 5.69 Å². The summed E-state index contributed by atoms with van der Waals surface area (Å²) in [5, 5.41) is 12.7. The molecule has 0 aliphatic heterocycles. The smallest absolute Gasteiger partial charge is 0.411 e. The summed E-state index contributed by atoms with van der Waals surface area (Å²) in [5.41, 5.74) is 2.31. The van der Waals surface area contributed by atoms with Crippen molar-refractivity contribution in [2.45, 2.75) is 26.6 Å². The summed E-state index contributed by atoms with van der Waals surface area (Å²) in [6, 6.07) is 16.7. The molecule has 0 fully saturated rings. The fraction of sp³-hybridized carbons (Fsp3) is 0.278. The van der Waals surface area contributed by atoms with E-state index in [1.165, 1.54) is 0 Å². The van der Waals surface area contributed by atoms with Gasteiger partial charge in [-0.05, 0) is 29.2 Å². The van der Waals surface area contributed by atoms with Crippen LogP contribution in [-0.2, 0) is 11.3 Å². The quantitative estimate of drug-likeness (QED) is 0.873. The van der Waals surface area contributed by atoms with Crippen molar-refractivity contribution in [1.82, 2.24) is 0 Å². The third-order valence-electron chi connectivity index (χ3n) is 3.32. The Bertz CT molecular complexity index is 611. The number of rotatable bonds is 5. The SMILES string of the molecule is CC(C)C(O)c1cccc(NC(=O)OCc2ccccc2)c1. The molecule has 0 aliphatic rings. The van der Waals surface area contributed by atoms with E-state index in [2.05, 4.69) is 5.32 Å². The van der Waals surface area contributed by atoms with Gasteiger partial charge < -0.3 is 9.84 Å². The van der Waals surface area contributed by atoms with E-state index >= 15 is 0 Å². The standard InChI is InChI=1S/C18H21NO3/c1-13(2)17(20)15-9-6-10-16(11-15)19-18(21)22-12-14-7-4-3-5-8-14/h3-11,13,17,20H,12H2,1-2H3,(H,19,21). The minimum Gasteiger partial charge on any atom is -0.444 e. The Morgan fingerprint density at radius 2 is 1.86 bits per heavy atom. The van der Waals surface area contributed by atoms with Gasteiger partial charge in [0.1, 0.15) is 6.61 Å². The van der Waals surface area contributed by atoms with Gasteiger partial charge in [-0.25, -0.2) is 4.79 Å². The van der Waals surface area contributed by atoms with E-state index in [9.17, 15) is 9.90 Å². The molecule has 0 aromatic heterocycles. The van der Waals surface area contributed by atoms with Crippen molar-refractivity contribution in [1.29, 1.82) is 0 Å². The third kappa shape index (κ3) is 4.60. The maximum absolute atomic E-state index is 11.8. The summed E-state index contributed by atoms with van der Waals surface area (Å²) in [4.78, 5) is 11.8. The van der Waals surface area contributed by atoms with Crippen LogP contribution in [-0.4, -0.2) is 11.2 Å². The van der Waals surface area contributed by atoms with Crippen LogP contribution in [0.2, 0.25) is 0 Å². The first-order chi connectivity index (χ1) is 10.6. The summed E-state index contributed by atoms with van der Waals surface area (Å²) in [6.07, 6.45) is -1.07. The largest absolute Gasteiger partial charge is 0.444 e. The topological polar surface area (TPSA) is 58.6 Å². The molecule has 1 atom stereocenters. The van der Waals surface area contributed by atoms with E-state index in [1.807, 2.05) is 50.2 Å². The lowest BCUT2D eigenvalue weighted by atomic mass is 9.99. The molecule has 4 heteroatoms. The molecule has 2 aromatic rings. The summed E-state index contributed by atoms with van der Waals surface area (Å²) >= 11 is 0. The summed E-state index contributed by atoms with van der Waals surface area (Å²) in [5.74, 6) is 0.111. The van der Waals surface area contributed by atoms with Crippen molar-refractivity contribution >= 4 is 11.8 Å². The maximum atomic E-state index is 11.8. The summed E-state index contributed by atoms with van der Waals surface area (Å²) in [6.45, 7) is 4.11. The zero-order valence-electron chi connectivity index (χ0n) is 12.8. The van der Waals surface area contributed by atoms with Crippen LogP contribution in [0.25, 0.3) is 0 Å². The molecular weight excluding hydrogens is 278 g/mol. The van der Waals surface area contributed by atoms with Crippen molar-refractivity contribution in [2.24, 2.45) is 5.92 Å². The van der Waals surface area contributed by atoms with E-state index in [0.717, 1.165) is 11.1 Å². The lowest BCUT2D eigenvalue weighted by molar-refractivity contribution is 0.127. The average Bonchev–Trinajstić information content (AvgIpc) is 2.53. The predicted molar refractivity (Wildman–Crippen MR) is 86.5 cm³/mol. The second kappa shape index (κ2) is 7.61. The van der Waals surface area contributed by atoms with Gasteiger partial charge in [0.2, 0.25) is 0 Å². The number of carbonyl (C=O) groups excluding carboxylic acids is 1. The van der Waals surface area contributed by atoms with E-state index in [1.54, 1.807) is 18.2 Å². The van der Waals surface area contributed by atoms with Gasteiger partial charge in [-0.2, -0.15) is 0 Å². The van der Waals surface area contributed by atoms with Gasteiger partial charge in [-0.15, -0.1) is 0 Å². The molecule has 0 saturated heterocycles. The highest BCUT2D eigenvalue weighted by Crippen LogP contribution is 2.23. The van der Waals surface area contributed by atoms with Gasteiger partial charge >= 0.3 is 6.09 Å². The monoisotopic (exact) mass is 299 g/mol. The molecule has 1 amide bonds. The van der Waals surface area contributed by atoms with Crippen molar-refractivity contribution in [3.05, 3.63) is 65.7 Å². The number of aliphatic hydroxyl groups is 1. The summed E-state index contributed by atoms with van der Waals surface area (Å²) < 4.78 is 5.17. The van der Waals surface area contributed by atoms with Crippen LogP contribution in [0.4, 0.5) is 10.5 Å². The van der Waals surface area contributed by atoms with Gasteiger partial charge in [-0.1, -0.05) is 56.3 Å². The molecule has 116 valence electrons. The van der Waals surface area contributed by atoms with Crippen molar-refractivity contribution in [2.75, 3.05) is 5.32 Å². The molecule has 0 saturated carbocycles. The molecule has 2 aromatic carbocycles. The number of benzene rings is 2. The predicted octanol–water partition coefficient (Wildman–Crippen LogP) is 4.12. The van der Waals surface area contributed by atoms with Crippen LogP contribution < -0.4 is 5.32 Å². The van der Waals surface area contributed by atoms with Crippen LogP contribution in [0.15, 0.2) is 54.6 Å². The Balaban J connectivity index is 1.93. The van der Waals surface area contributed by atoms with Gasteiger partial charge in [0.05, 0.1) is 6.10 Å². The first-order valence-corrected chi connectivity index (χ1v) is 7.32. The number of anilines is 1. The van der Waals surface area contributed by atoms with Crippen LogP contribution in [0.1, 0.15) is 31.1 Å². The highest BCUT2D eigenvalue weighted by molar-refractivity contribution is 5.84. The molecule has 22 heavy (non-hydrogen) atoms. The van der Waals surface area contributed by atoms with Gasteiger partial charge in [0, 0.05) is 5.69 Å². The molecule has 0 bridgehead atoms. The Morgan fingerprint density at radius 3 is 2.55 bits per heavy atom. The van der Waals surface area contributed by atoms with Crippen LogP contribution in [0.3, 0.4) is 0 Å². The van der Waals surface area contributed by atoms with Gasteiger partial charge in [-0.3, -0.25) is 5.32 Å². The number of nitrogens with one attached hydrogen (secondary N) is 1. The normalized spacial score (nSPS) is 12.0. The number of hydrogen-bond acceptors (Lipinski definition) is 3.